The number of hydrogen-bond donors (Lipinski definition) is 4. The lowest BCUT2D eigenvalue weighted by atomic mass is 10.1. The third kappa shape index (κ3) is 6.88. The Morgan fingerprint density at radius 3 is 2.09 bits per heavy atom. The summed E-state index contributed by atoms with van der Waals surface area (Å²) in [7, 11) is -3.90. The number of hydrogen-bond acceptors (Lipinski definition) is 4. The van der Waals surface area contributed by atoms with Crippen LogP contribution >= 0.6 is 12.2 Å². The summed E-state index contributed by atoms with van der Waals surface area (Å²) in [5.74, 6) is -0.568. The molecule has 0 fully saturated rings. The van der Waals surface area contributed by atoms with Crippen molar-refractivity contribution in [3.63, 3.8) is 0 Å². The number of aryl methyl sites for hydroxylation is 1. The fourth-order valence-corrected chi connectivity index (χ4v) is 4.28. The van der Waals surface area contributed by atoms with E-state index < -0.39 is 22.0 Å². The van der Waals surface area contributed by atoms with Crippen molar-refractivity contribution < 1.29 is 13.2 Å². The van der Waals surface area contributed by atoms with E-state index in [0.717, 1.165) is 16.8 Å². The maximum absolute atomic E-state index is 12.9. The van der Waals surface area contributed by atoms with Gasteiger partial charge in [-0.15, -0.1) is 0 Å². The second kappa shape index (κ2) is 10.9. The van der Waals surface area contributed by atoms with Gasteiger partial charge in [-0.2, -0.15) is 4.72 Å². The molecule has 1 amide bonds. The maximum atomic E-state index is 12.9. The molecule has 0 saturated carbocycles. The van der Waals surface area contributed by atoms with E-state index in [1.165, 1.54) is 12.1 Å². The van der Waals surface area contributed by atoms with Crippen molar-refractivity contribution in [2.75, 3.05) is 5.32 Å². The molecule has 0 aromatic heterocycles. The summed E-state index contributed by atoms with van der Waals surface area (Å²) in [5.41, 5.74) is 7.79. The van der Waals surface area contributed by atoms with Crippen LogP contribution in [-0.2, 0) is 21.2 Å². The van der Waals surface area contributed by atoms with Crippen molar-refractivity contribution in [1.82, 2.24) is 15.6 Å². The quantitative estimate of drug-likeness (QED) is 0.314. The van der Waals surface area contributed by atoms with Crippen molar-refractivity contribution in [1.29, 1.82) is 0 Å². The zero-order valence-corrected chi connectivity index (χ0v) is 19.0. The normalized spacial score (nSPS) is 11.9. The molecule has 0 aliphatic carbocycles. The number of carbonyl (C=O) groups excluding carboxylic acids is 1. The number of anilines is 1. The predicted molar refractivity (Wildman–Crippen MR) is 129 cm³/mol. The van der Waals surface area contributed by atoms with Crippen LogP contribution in [0.3, 0.4) is 0 Å². The minimum Gasteiger partial charge on any atom is -0.331 e. The number of amides is 1. The Bertz CT molecular complexity index is 1150. The van der Waals surface area contributed by atoms with Crippen LogP contribution in [0.2, 0.25) is 0 Å². The zero-order valence-electron chi connectivity index (χ0n) is 17.4. The van der Waals surface area contributed by atoms with Crippen LogP contribution in [-0.4, -0.2) is 25.5 Å². The topological polar surface area (TPSA) is 99.3 Å². The van der Waals surface area contributed by atoms with Crippen molar-refractivity contribution in [2.45, 2.75) is 24.3 Å². The average Bonchev–Trinajstić information content (AvgIpc) is 2.80. The monoisotopic (exact) mass is 468 g/mol. The Morgan fingerprint density at radius 1 is 0.875 bits per heavy atom. The number of nitrogens with one attached hydrogen (secondary N) is 4. The molecule has 7 nitrogen and oxygen atoms in total. The lowest BCUT2D eigenvalue weighted by Crippen LogP contribution is -2.53. The standard InChI is InChI=1S/C23H24N4O3S2/c1-17-12-14-19(15-13-17)24-23(31)26-25-22(28)21(16-18-8-4-2-5-9-18)27-32(29,30)20-10-6-3-7-11-20/h2-15,21,27H,16H2,1H3,(H,25,28)(H2,24,26,31)/t21-/m0/s1. The minimum atomic E-state index is -3.90. The van der Waals surface area contributed by atoms with E-state index in [9.17, 15) is 13.2 Å². The molecular weight excluding hydrogens is 444 g/mol. The molecule has 0 spiro atoms. The highest BCUT2D eigenvalue weighted by molar-refractivity contribution is 7.89. The van der Waals surface area contributed by atoms with Gasteiger partial charge in [0.05, 0.1) is 4.90 Å². The number of carbonyl (C=O) groups is 1. The van der Waals surface area contributed by atoms with Gasteiger partial charge in [-0.3, -0.25) is 15.6 Å². The molecule has 0 bridgehead atoms. The van der Waals surface area contributed by atoms with Crippen LogP contribution in [0, 0.1) is 6.92 Å². The number of hydrazine groups is 1. The van der Waals surface area contributed by atoms with Crippen molar-refractivity contribution in [2.24, 2.45) is 0 Å². The first-order chi connectivity index (χ1) is 15.3. The third-order valence-corrected chi connectivity index (χ3v) is 6.25. The van der Waals surface area contributed by atoms with E-state index in [1.807, 2.05) is 61.5 Å². The first-order valence-corrected chi connectivity index (χ1v) is 11.8. The highest BCUT2D eigenvalue weighted by Crippen LogP contribution is 2.11. The lowest BCUT2D eigenvalue weighted by molar-refractivity contribution is -0.123. The van der Waals surface area contributed by atoms with Gasteiger partial charge < -0.3 is 5.32 Å². The van der Waals surface area contributed by atoms with Gasteiger partial charge >= 0.3 is 0 Å². The lowest BCUT2D eigenvalue weighted by Gasteiger charge is -2.20. The first-order valence-electron chi connectivity index (χ1n) is 9.88. The fourth-order valence-electron chi connectivity index (χ4n) is 2.90. The molecule has 1 atom stereocenters. The van der Waals surface area contributed by atoms with E-state index in [1.54, 1.807) is 18.2 Å². The average molecular weight is 469 g/mol. The molecule has 3 rings (SSSR count). The van der Waals surface area contributed by atoms with Gasteiger partial charge in [0.25, 0.3) is 5.91 Å². The molecule has 0 aliphatic heterocycles. The molecule has 0 saturated heterocycles. The van der Waals surface area contributed by atoms with Crippen molar-refractivity contribution in [3.05, 3.63) is 96.1 Å². The highest BCUT2D eigenvalue weighted by Gasteiger charge is 2.26. The van der Waals surface area contributed by atoms with Gasteiger partial charge in [0.1, 0.15) is 6.04 Å². The number of rotatable bonds is 7. The Morgan fingerprint density at radius 2 is 1.47 bits per heavy atom. The Hall–Kier alpha value is -3.27. The van der Waals surface area contributed by atoms with Gasteiger partial charge in [-0.25, -0.2) is 8.42 Å². The first kappa shape index (κ1) is 23.4. The molecule has 3 aromatic carbocycles. The Balaban J connectivity index is 1.68. The van der Waals surface area contributed by atoms with Crippen LogP contribution in [0.5, 0.6) is 0 Å². The molecule has 0 heterocycles. The summed E-state index contributed by atoms with van der Waals surface area (Å²) >= 11 is 5.21. The summed E-state index contributed by atoms with van der Waals surface area (Å²) in [4.78, 5) is 12.9. The molecule has 4 N–H and O–H groups in total. The maximum Gasteiger partial charge on any atom is 0.256 e. The van der Waals surface area contributed by atoms with E-state index >= 15 is 0 Å². The molecule has 32 heavy (non-hydrogen) atoms. The molecule has 0 radical (unpaired) electrons. The third-order valence-electron chi connectivity index (χ3n) is 4.56. The van der Waals surface area contributed by atoms with E-state index in [0.29, 0.717) is 0 Å². The molecule has 3 aromatic rings. The SMILES string of the molecule is Cc1ccc(NC(=S)NNC(=O)[C@H](Cc2ccccc2)NS(=O)(=O)c2ccccc2)cc1. The smallest absolute Gasteiger partial charge is 0.256 e. The second-order valence-corrected chi connectivity index (χ2v) is 9.23. The summed E-state index contributed by atoms with van der Waals surface area (Å²) in [6.07, 6.45) is 0.165. The summed E-state index contributed by atoms with van der Waals surface area (Å²) in [6.45, 7) is 1.98. The molecular formula is C23H24N4O3S2. The summed E-state index contributed by atoms with van der Waals surface area (Å²) < 4.78 is 28.1. The van der Waals surface area contributed by atoms with Crippen LogP contribution < -0.4 is 20.9 Å². The van der Waals surface area contributed by atoms with Crippen LogP contribution in [0.1, 0.15) is 11.1 Å². The molecule has 0 unspecified atom stereocenters. The van der Waals surface area contributed by atoms with E-state index in [-0.39, 0.29) is 16.4 Å². The molecule has 0 aliphatic rings. The minimum absolute atomic E-state index is 0.0791. The van der Waals surface area contributed by atoms with Crippen molar-refractivity contribution >= 4 is 38.9 Å². The van der Waals surface area contributed by atoms with Crippen molar-refractivity contribution in [3.8, 4) is 0 Å². The Kier molecular flexibility index (Phi) is 7.93. The predicted octanol–water partition coefficient (Wildman–Crippen LogP) is 2.90. The van der Waals surface area contributed by atoms with Gasteiger partial charge in [0, 0.05) is 5.69 Å². The number of benzene rings is 3. The number of thiocarbonyl (C=S) groups is 1. The second-order valence-electron chi connectivity index (χ2n) is 7.11. The summed E-state index contributed by atoms with van der Waals surface area (Å²) in [5, 5.41) is 3.13. The Labute approximate surface area is 193 Å². The van der Waals surface area contributed by atoms with Crippen LogP contribution in [0.25, 0.3) is 0 Å². The highest BCUT2D eigenvalue weighted by atomic mass is 32.2. The molecule has 9 heteroatoms. The largest absolute Gasteiger partial charge is 0.331 e. The van der Waals surface area contributed by atoms with Gasteiger partial charge in [0.15, 0.2) is 5.11 Å². The number of sulfonamides is 1. The van der Waals surface area contributed by atoms with E-state index in [2.05, 4.69) is 20.9 Å². The van der Waals surface area contributed by atoms with Gasteiger partial charge in [0.2, 0.25) is 10.0 Å². The van der Waals surface area contributed by atoms with Gasteiger partial charge in [-0.05, 0) is 55.4 Å². The summed E-state index contributed by atoms with van der Waals surface area (Å²) in [6, 6.07) is 23.6. The van der Waals surface area contributed by atoms with Gasteiger partial charge in [-0.1, -0.05) is 66.2 Å². The zero-order chi connectivity index (χ0) is 23.0. The fraction of sp³-hybridized carbons (Fsp3) is 0.130. The molecule has 166 valence electrons. The van der Waals surface area contributed by atoms with E-state index in [4.69, 9.17) is 12.2 Å². The van der Waals surface area contributed by atoms with Crippen LogP contribution in [0.4, 0.5) is 5.69 Å². The van der Waals surface area contributed by atoms with Crippen LogP contribution in [0.15, 0.2) is 89.8 Å².